The van der Waals surface area contributed by atoms with Gasteiger partial charge in [0.2, 0.25) is 5.91 Å². The molecule has 1 fully saturated rings. The highest BCUT2D eigenvalue weighted by Crippen LogP contribution is 2.09. The summed E-state index contributed by atoms with van der Waals surface area (Å²) in [6.45, 7) is 13.2. The summed E-state index contributed by atoms with van der Waals surface area (Å²) >= 11 is 0. The standard InChI is InChI=1S/C13H27N3O/c1-5-8-16(11(2)3)13(17)12(4)15-9-6-14-7-10-15/h11-12,14H,5-10H2,1-4H3. The second-order valence-corrected chi connectivity index (χ2v) is 5.09. The lowest BCUT2D eigenvalue weighted by molar-refractivity contribution is -0.138. The molecule has 0 aromatic carbocycles. The highest BCUT2D eigenvalue weighted by molar-refractivity contribution is 5.81. The van der Waals surface area contributed by atoms with E-state index in [2.05, 4.69) is 31.0 Å². The van der Waals surface area contributed by atoms with Crippen molar-refractivity contribution in [1.82, 2.24) is 15.1 Å². The molecule has 0 aromatic rings. The SMILES string of the molecule is CCCN(C(=O)C(C)N1CCNCC1)C(C)C. The normalized spacial score (nSPS) is 19.4. The number of piperazine rings is 1. The van der Waals surface area contributed by atoms with Crippen molar-refractivity contribution in [2.24, 2.45) is 0 Å². The summed E-state index contributed by atoms with van der Waals surface area (Å²) in [5, 5.41) is 3.32. The molecule has 1 rings (SSSR count). The zero-order chi connectivity index (χ0) is 12.8. The van der Waals surface area contributed by atoms with Gasteiger partial charge in [-0.25, -0.2) is 0 Å². The van der Waals surface area contributed by atoms with E-state index in [0.717, 1.165) is 39.1 Å². The fourth-order valence-electron chi connectivity index (χ4n) is 2.33. The first-order valence-corrected chi connectivity index (χ1v) is 6.83. The Balaban J connectivity index is 2.58. The summed E-state index contributed by atoms with van der Waals surface area (Å²) in [5.41, 5.74) is 0. The lowest BCUT2D eigenvalue weighted by Gasteiger charge is -2.36. The lowest BCUT2D eigenvalue weighted by atomic mass is 10.1. The summed E-state index contributed by atoms with van der Waals surface area (Å²) in [4.78, 5) is 16.7. The Morgan fingerprint density at radius 2 is 1.88 bits per heavy atom. The van der Waals surface area contributed by atoms with E-state index in [0.29, 0.717) is 6.04 Å². The molecule has 0 aromatic heterocycles. The molecular formula is C13H27N3O. The molecule has 1 saturated heterocycles. The molecule has 17 heavy (non-hydrogen) atoms. The van der Waals surface area contributed by atoms with Gasteiger partial charge in [0.1, 0.15) is 0 Å². The van der Waals surface area contributed by atoms with Crippen LogP contribution in [-0.2, 0) is 4.79 Å². The summed E-state index contributed by atoms with van der Waals surface area (Å²) in [7, 11) is 0. The predicted octanol–water partition coefficient (Wildman–Crippen LogP) is 0.927. The Morgan fingerprint density at radius 1 is 1.29 bits per heavy atom. The van der Waals surface area contributed by atoms with E-state index in [-0.39, 0.29) is 11.9 Å². The Kier molecular flexibility index (Phi) is 5.92. The molecule has 0 spiro atoms. The molecule has 0 bridgehead atoms. The summed E-state index contributed by atoms with van der Waals surface area (Å²) in [5.74, 6) is 0.281. The first kappa shape index (κ1) is 14.5. The van der Waals surface area contributed by atoms with E-state index in [4.69, 9.17) is 0 Å². The van der Waals surface area contributed by atoms with Crippen molar-refractivity contribution in [3.8, 4) is 0 Å². The molecule has 1 unspecified atom stereocenters. The third-order valence-corrected chi connectivity index (χ3v) is 3.43. The van der Waals surface area contributed by atoms with Crippen LogP contribution >= 0.6 is 0 Å². The third kappa shape index (κ3) is 3.96. The van der Waals surface area contributed by atoms with E-state index in [1.54, 1.807) is 0 Å². The van der Waals surface area contributed by atoms with Gasteiger partial charge in [-0.15, -0.1) is 0 Å². The zero-order valence-electron chi connectivity index (χ0n) is 11.7. The van der Waals surface area contributed by atoms with Gasteiger partial charge in [0.15, 0.2) is 0 Å². The number of hydrogen-bond donors (Lipinski definition) is 1. The second kappa shape index (κ2) is 6.97. The van der Waals surface area contributed by atoms with Crippen LogP contribution in [0, 0.1) is 0 Å². The average Bonchev–Trinajstić information content (AvgIpc) is 2.35. The molecule has 0 radical (unpaired) electrons. The van der Waals surface area contributed by atoms with Crippen molar-refractivity contribution in [3.05, 3.63) is 0 Å². The Morgan fingerprint density at radius 3 is 2.35 bits per heavy atom. The summed E-state index contributed by atoms with van der Waals surface area (Å²) in [6.07, 6.45) is 1.03. The van der Waals surface area contributed by atoms with Crippen molar-refractivity contribution in [1.29, 1.82) is 0 Å². The molecule has 1 N–H and O–H groups in total. The third-order valence-electron chi connectivity index (χ3n) is 3.43. The van der Waals surface area contributed by atoms with Crippen molar-refractivity contribution < 1.29 is 4.79 Å². The molecule has 1 atom stereocenters. The predicted molar refractivity (Wildman–Crippen MR) is 71.0 cm³/mol. The Bertz CT molecular complexity index is 237. The number of carbonyl (C=O) groups is 1. The second-order valence-electron chi connectivity index (χ2n) is 5.09. The lowest BCUT2D eigenvalue weighted by Crippen LogP contribution is -2.54. The van der Waals surface area contributed by atoms with Crippen LogP contribution in [0.4, 0.5) is 0 Å². The molecule has 4 heteroatoms. The molecule has 0 saturated carbocycles. The molecule has 4 nitrogen and oxygen atoms in total. The summed E-state index contributed by atoms with van der Waals surface area (Å²) in [6, 6.07) is 0.318. The average molecular weight is 241 g/mol. The number of carbonyl (C=O) groups excluding carboxylic acids is 1. The molecule has 1 amide bonds. The van der Waals surface area contributed by atoms with Crippen molar-refractivity contribution in [3.63, 3.8) is 0 Å². The van der Waals surface area contributed by atoms with Gasteiger partial charge in [0.05, 0.1) is 6.04 Å². The minimum Gasteiger partial charge on any atom is -0.339 e. The van der Waals surface area contributed by atoms with Gasteiger partial charge in [-0.2, -0.15) is 0 Å². The minimum atomic E-state index is 0.0195. The highest BCUT2D eigenvalue weighted by Gasteiger charge is 2.27. The van der Waals surface area contributed by atoms with Crippen LogP contribution in [-0.4, -0.2) is 60.5 Å². The van der Waals surface area contributed by atoms with Crippen LogP contribution in [0.15, 0.2) is 0 Å². The van der Waals surface area contributed by atoms with Crippen LogP contribution in [0.5, 0.6) is 0 Å². The van der Waals surface area contributed by atoms with Gasteiger partial charge in [-0.05, 0) is 27.2 Å². The monoisotopic (exact) mass is 241 g/mol. The first-order chi connectivity index (χ1) is 8.07. The van der Waals surface area contributed by atoms with E-state index >= 15 is 0 Å². The molecule has 0 aliphatic carbocycles. The maximum Gasteiger partial charge on any atom is 0.239 e. The minimum absolute atomic E-state index is 0.0195. The largest absolute Gasteiger partial charge is 0.339 e. The fraction of sp³-hybridized carbons (Fsp3) is 0.923. The van der Waals surface area contributed by atoms with Crippen LogP contribution in [0.1, 0.15) is 34.1 Å². The topological polar surface area (TPSA) is 35.6 Å². The van der Waals surface area contributed by atoms with Crippen molar-refractivity contribution in [2.45, 2.75) is 46.2 Å². The smallest absolute Gasteiger partial charge is 0.239 e. The number of amides is 1. The Hall–Kier alpha value is -0.610. The van der Waals surface area contributed by atoms with Gasteiger partial charge in [0.25, 0.3) is 0 Å². The number of rotatable bonds is 5. The number of nitrogens with one attached hydrogen (secondary N) is 1. The highest BCUT2D eigenvalue weighted by atomic mass is 16.2. The van der Waals surface area contributed by atoms with Crippen LogP contribution in [0.25, 0.3) is 0 Å². The molecular weight excluding hydrogens is 214 g/mol. The zero-order valence-corrected chi connectivity index (χ0v) is 11.7. The van der Waals surface area contributed by atoms with Crippen LogP contribution < -0.4 is 5.32 Å². The van der Waals surface area contributed by atoms with Gasteiger partial charge in [-0.3, -0.25) is 9.69 Å². The van der Waals surface area contributed by atoms with Crippen LogP contribution in [0.2, 0.25) is 0 Å². The van der Waals surface area contributed by atoms with Gasteiger partial charge in [0, 0.05) is 38.8 Å². The van der Waals surface area contributed by atoms with Crippen molar-refractivity contribution in [2.75, 3.05) is 32.7 Å². The van der Waals surface area contributed by atoms with E-state index in [1.165, 1.54) is 0 Å². The summed E-state index contributed by atoms with van der Waals surface area (Å²) < 4.78 is 0. The van der Waals surface area contributed by atoms with E-state index in [9.17, 15) is 4.79 Å². The maximum absolute atomic E-state index is 12.4. The van der Waals surface area contributed by atoms with Gasteiger partial charge < -0.3 is 10.2 Å². The van der Waals surface area contributed by atoms with E-state index < -0.39 is 0 Å². The number of hydrogen-bond acceptors (Lipinski definition) is 3. The van der Waals surface area contributed by atoms with Crippen molar-refractivity contribution >= 4 is 5.91 Å². The molecule has 1 heterocycles. The first-order valence-electron chi connectivity index (χ1n) is 6.83. The quantitative estimate of drug-likeness (QED) is 0.778. The molecule has 1 aliphatic rings. The number of nitrogens with zero attached hydrogens (tertiary/aromatic N) is 2. The van der Waals surface area contributed by atoms with Gasteiger partial charge >= 0.3 is 0 Å². The molecule has 1 aliphatic heterocycles. The van der Waals surface area contributed by atoms with Gasteiger partial charge in [-0.1, -0.05) is 6.92 Å². The van der Waals surface area contributed by atoms with Crippen LogP contribution in [0.3, 0.4) is 0 Å². The molecule has 100 valence electrons. The Labute approximate surface area is 105 Å². The fourth-order valence-corrected chi connectivity index (χ4v) is 2.33. The van der Waals surface area contributed by atoms with E-state index in [1.807, 2.05) is 11.8 Å². The maximum atomic E-state index is 12.4.